The third-order valence-electron chi connectivity index (χ3n) is 4.10. The molecule has 0 spiro atoms. The lowest BCUT2D eigenvalue weighted by atomic mass is 9.86. The maximum Gasteiger partial charge on any atom is 0.295 e. The smallest absolute Gasteiger partial charge is 0.295 e. The molecule has 0 atom stereocenters. The van der Waals surface area contributed by atoms with Crippen molar-refractivity contribution in [2.45, 2.75) is 31.7 Å². The fourth-order valence-electron chi connectivity index (χ4n) is 2.81. The molecule has 1 heterocycles. The van der Waals surface area contributed by atoms with E-state index in [2.05, 4.69) is 10.3 Å². The Balaban J connectivity index is 1.68. The van der Waals surface area contributed by atoms with Gasteiger partial charge in [0.15, 0.2) is 5.58 Å². The summed E-state index contributed by atoms with van der Waals surface area (Å²) >= 11 is 0. The standard InChI is InChI=1S/C15H21N3O2/c1-19-12-6-7-14-13(8-12)18-15(20-14)17-11-4-2-10(9-16)3-5-11/h6-8,10-11H,2-5,9,16H2,1H3,(H,17,18)/t10-,11-. The number of methoxy groups -OCH3 is 1. The van der Waals surface area contributed by atoms with E-state index in [1.807, 2.05) is 18.2 Å². The second kappa shape index (κ2) is 5.71. The number of ether oxygens (including phenoxy) is 1. The summed E-state index contributed by atoms with van der Waals surface area (Å²) in [5, 5.41) is 3.39. The van der Waals surface area contributed by atoms with Gasteiger partial charge in [0.25, 0.3) is 6.01 Å². The van der Waals surface area contributed by atoms with Crippen molar-refractivity contribution in [1.29, 1.82) is 0 Å². The van der Waals surface area contributed by atoms with Crippen LogP contribution in [0, 0.1) is 5.92 Å². The molecule has 0 bridgehead atoms. The Bertz CT molecular complexity index is 574. The highest BCUT2D eigenvalue weighted by molar-refractivity contribution is 5.76. The number of oxazole rings is 1. The zero-order valence-electron chi connectivity index (χ0n) is 11.8. The molecule has 2 aromatic rings. The van der Waals surface area contributed by atoms with Crippen LogP contribution in [0.25, 0.3) is 11.1 Å². The van der Waals surface area contributed by atoms with Gasteiger partial charge in [-0.3, -0.25) is 0 Å². The number of nitrogens with one attached hydrogen (secondary N) is 1. The summed E-state index contributed by atoms with van der Waals surface area (Å²) < 4.78 is 10.9. The van der Waals surface area contributed by atoms with Crippen LogP contribution < -0.4 is 15.8 Å². The van der Waals surface area contributed by atoms with Crippen molar-refractivity contribution in [3.05, 3.63) is 18.2 Å². The van der Waals surface area contributed by atoms with Crippen molar-refractivity contribution in [2.75, 3.05) is 19.0 Å². The first kappa shape index (κ1) is 13.2. The monoisotopic (exact) mass is 275 g/mol. The molecule has 3 rings (SSSR count). The quantitative estimate of drug-likeness (QED) is 0.897. The Morgan fingerprint density at radius 1 is 1.35 bits per heavy atom. The summed E-state index contributed by atoms with van der Waals surface area (Å²) in [7, 11) is 1.65. The van der Waals surface area contributed by atoms with Crippen LogP contribution in [-0.4, -0.2) is 24.7 Å². The molecule has 1 fully saturated rings. The van der Waals surface area contributed by atoms with Crippen LogP contribution in [0.5, 0.6) is 5.75 Å². The first-order valence-corrected chi connectivity index (χ1v) is 7.19. The van der Waals surface area contributed by atoms with Crippen LogP contribution in [0.1, 0.15) is 25.7 Å². The summed E-state index contributed by atoms with van der Waals surface area (Å²) in [6.45, 7) is 0.801. The molecule has 0 radical (unpaired) electrons. The molecule has 1 aromatic heterocycles. The average Bonchev–Trinajstić information content (AvgIpc) is 2.89. The van der Waals surface area contributed by atoms with Crippen LogP contribution in [0.3, 0.4) is 0 Å². The van der Waals surface area contributed by atoms with Crippen LogP contribution in [0.15, 0.2) is 22.6 Å². The van der Waals surface area contributed by atoms with Gasteiger partial charge in [0.1, 0.15) is 11.3 Å². The number of nitrogens with two attached hydrogens (primary N) is 1. The van der Waals surface area contributed by atoms with Gasteiger partial charge in [-0.15, -0.1) is 0 Å². The van der Waals surface area contributed by atoms with Crippen molar-refractivity contribution in [1.82, 2.24) is 4.98 Å². The highest BCUT2D eigenvalue weighted by Crippen LogP contribution is 2.28. The van der Waals surface area contributed by atoms with Crippen molar-refractivity contribution in [3.63, 3.8) is 0 Å². The maximum absolute atomic E-state index is 5.72. The number of nitrogens with zero attached hydrogens (tertiary/aromatic N) is 1. The molecule has 1 aliphatic rings. The van der Waals surface area contributed by atoms with E-state index < -0.39 is 0 Å². The molecule has 1 aromatic carbocycles. The highest BCUT2D eigenvalue weighted by Gasteiger charge is 2.21. The number of hydrogen-bond acceptors (Lipinski definition) is 5. The Labute approximate surface area is 118 Å². The molecule has 5 nitrogen and oxygen atoms in total. The predicted octanol–water partition coefficient (Wildman–Crippen LogP) is 2.77. The SMILES string of the molecule is COc1ccc2oc(N[C@H]3CC[C@H](CN)CC3)nc2c1. The lowest BCUT2D eigenvalue weighted by molar-refractivity contribution is 0.341. The lowest BCUT2D eigenvalue weighted by Crippen LogP contribution is -2.29. The Morgan fingerprint density at radius 2 is 2.15 bits per heavy atom. The van der Waals surface area contributed by atoms with Crippen LogP contribution in [0.2, 0.25) is 0 Å². The van der Waals surface area contributed by atoms with Gasteiger partial charge < -0.3 is 20.2 Å². The maximum atomic E-state index is 5.72. The Hall–Kier alpha value is -1.75. The van der Waals surface area contributed by atoms with E-state index in [1.54, 1.807) is 7.11 Å². The minimum absolute atomic E-state index is 0.438. The Kier molecular flexibility index (Phi) is 3.78. The fourth-order valence-corrected chi connectivity index (χ4v) is 2.81. The average molecular weight is 275 g/mol. The van der Waals surface area contributed by atoms with Crippen molar-refractivity contribution >= 4 is 17.1 Å². The van der Waals surface area contributed by atoms with Crippen LogP contribution >= 0.6 is 0 Å². The fraction of sp³-hybridized carbons (Fsp3) is 0.533. The second-order valence-corrected chi connectivity index (χ2v) is 5.45. The summed E-state index contributed by atoms with van der Waals surface area (Å²) in [4.78, 5) is 4.47. The molecule has 0 unspecified atom stereocenters. The lowest BCUT2D eigenvalue weighted by Gasteiger charge is -2.27. The summed E-state index contributed by atoms with van der Waals surface area (Å²) in [6.07, 6.45) is 4.62. The van der Waals surface area contributed by atoms with E-state index in [0.717, 1.165) is 36.2 Å². The minimum Gasteiger partial charge on any atom is -0.497 e. The number of rotatable bonds is 4. The van der Waals surface area contributed by atoms with Gasteiger partial charge in [0, 0.05) is 12.1 Å². The molecule has 0 saturated heterocycles. The van der Waals surface area contributed by atoms with Gasteiger partial charge in [0.05, 0.1) is 7.11 Å². The first-order valence-electron chi connectivity index (χ1n) is 7.19. The summed E-state index contributed by atoms with van der Waals surface area (Å²) in [5.74, 6) is 1.47. The topological polar surface area (TPSA) is 73.3 Å². The zero-order valence-corrected chi connectivity index (χ0v) is 11.8. The molecule has 5 heteroatoms. The summed E-state index contributed by atoms with van der Waals surface area (Å²) in [5.41, 5.74) is 7.32. The third kappa shape index (κ3) is 2.72. The minimum atomic E-state index is 0.438. The van der Waals surface area contributed by atoms with Crippen LogP contribution in [0.4, 0.5) is 6.01 Å². The molecule has 1 aliphatic carbocycles. The van der Waals surface area contributed by atoms with E-state index in [0.29, 0.717) is 18.0 Å². The van der Waals surface area contributed by atoms with Crippen LogP contribution in [-0.2, 0) is 0 Å². The first-order chi connectivity index (χ1) is 9.78. The molecular formula is C15H21N3O2. The largest absolute Gasteiger partial charge is 0.497 e. The van der Waals surface area contributed by atoms with E-state index >= 15 is 0 Å². The molecular weight excluding hydrogens is 254 g/mol. The molecule has 3 N–H and O–H groups in total. The number of anilines is 1. The molecule has 1 saturated carbocycles. The van der Waals surface area contributed by atoms with Gasteiger partial charge in [-0.1, -0.05) is 0 Å². The van der Waals surface area contributed by atoms with Crippen molar-refractivity contribution in [3.8, 4) is 5.75 Å². The molecule has 0 amide bonds. The predicted molar refractivity (Wildman–Crippen MR) is 79.0 cm³/mol. The number of hydrogen-bond donors (Lipinski definition) is 2. The number of aromatic nitrogens is 1. The summed E-state index contributed by atoms with van der Waals surface area (Å²) in [6, 6.07) is 6.69. The number of benzene rings is 1. The van der Waals surface area contributed by atoms with Gasteiger partial charge in [-0.2, -0.15) is 4.98 Å². The van der Waals surface area contributed by atoms with E-state index in [-0.39, 0.29) is 0 Å². The van der Waals surface area contributed by atoms with E-state index in [9.17, 15) is 0 Å². The Morgan fingerprint density at radius 3 is 2.85 bits per heavy atom. The third-order valence-corrected chi connectivity index (χ3v) is 4.10. The molecule has 0 aliphatic heterocycles. The van der Waals surface area contributed by atoms with Gasteiger partial charge >= 0.3 is 0 Å². The van der Waals surface area contributed by atoms with Crippen molar-refractivity contribution < 1.29 is 9.15 Å². The van der Waals surface area contributed by atoms with Gasteiger partial charge in [0.2, 0.25) is 0 Å². The van der Waals surface area contributed by atoms with Gasteiger partial charge in [-0.25, -0.2) is 0 Å². The van der Waals surface area contributed by atoms with E-state index in [1.165, 1.54) is 12.8 Å². The zero-order chi connectivity index (χ0) is 13.9. The molecule has 108 valence electrons. The number of fused-ring (bicyclic) bond motifs is 1. The van der Waals surface area contributed by atoms with Gasteiger partial charge in [-0.05, 0) is 50.3 Å². The highest BCUT2D eigenvalue weighted by atomic mass is 16.5. The second-order valence-electron chi connectivity index (χ2n) is 5.45. The van der Waals surface area contributed by atoms with E-state index in [4.69, 9.17) is 14.9 Å². The van der Waals surface area contributed by atoms with Crippen molar-refractivity contribution in [2.24, 2.45) is 11.7 Å². The molecule has 20 heavy (non-hydrogen) atoms. The normalized spacial score (nSPS) is 22.9.